The van der Waals surface area contributed by atoms with Gasteiger partial charge in [-0.05, 0) is 42.6 Å². The van der Waals surface area contributed by atoms with E-state index in [1.54, 1.807) is 12.1 Å². The molecule has 1 aromatic rings. The Kier molecular flexibility index (Phi) is 2.50. The van der Waals surface area contributed by atoms with Crippen LogP contribution in [0.4, 0.5) is 0 Å². The SMILES string of the molecule is O=C(O)c1ccc2c(c1)CCCNC2. The van der Waals surface area contributed by atoms with Crippen molar-refractivity contribution in [2.24, 2.45) is 0 Å². The first-order valence-corrected chi connectivity index (χ1v) is 4.83. The van der Waals surface area contributed by atoms with Crippen LogP contribution in [0.15, 0.2) is 18.2 Å². The lowest BCUT2D eigenvalue weighted by atomic mass is 10.0. The molecule has 0 aromatic heterocycles. The Morgan fingerprint density at radius 3 is 3.00 bits per heavy atom. The maximum atomic E-state index is 10.8. The summed E-state index contributed by atoms with van der Waals surface area (Å²) in [5.41, 5.74) is 2.80. The molecule has 1 aliphatic rings. The fraction of sp³-hybridized carbons (Fsp3) is 0.364. The molecule has 0 spiro atoms. The zero-order chi connectivity index (χ0) is 9.97. The number of aromatic carboxylic acids is 1. The Morgan fingerprint density at radius 2 is 2.21 bits per heavy atom. The number of aryl methyl sites for hydroxylation is 1. The quantitative estimate of drug-likeness (QED) is 0.705. The highest BCUT2D eigenvalue weighted by Crippen LogP contribution is 2.16. The van der Waals surface area contributed by atoms with Gasteiger partial charge in [-0.2, -0.15) is 0 Å². The van der Waals surface area contributed by atoms with Gasteiger partial charge in [-0.25, -0.2) is 4.79 Å². The maximum absolute atomic E-state index is 10.8. The summed E-state index contributed by atoms with van der Waals surface area (Å²) in [7, 11) is 0. The first kappa shape index (κ1) is 9.21. The fourth-order valence-corrected chi connectivity index (χ4v) is 1.79. The minimum atomic E-state index is -0.843. The van der Waals surface area contributed by atoms with Crippen molar-refractivity contribution in [1.29, 1.82) is 0 Å². The largest absolute Gasteiger partial charge is 0.478 e. The number of benzene rings is 1. The molecule has 0 saturated heterocycles. The summed E-state index contributed by atoms with van der Waals surface area (Å²) in [6.45, 7) is 1.87. The van der Waals surface area contributed by atoms with Gasteiger partial charge in [0, 0.05) is 6.54 Å². The molecule has 0 aliphatic carbocycles. The summed E-state index contributed by atoms with van der Waals surface area (Å²) >= 11 is 0. The van der Waals surface area contributed by atoms with Crippen LogP contribution >= 0.6 is 0 Å². The fourth-order valence-electron chi connectivity index (χ4n) is 1.79. The van der Waals surface area contributed by atoms with Crippen LogP contribution in [-0.4, -0.2) is 17.6 Å². The van der Waals surface area contributed by atoms with Crippen LogP contribution in [0.2, 0.25) is 0 Å². The van der Waals surface area contributed by atoms with E-state index in [1.807, 2.05) is 6.07 Å². The van der Waals surface area contributed by atoms with Crippen molar-refractivity contribution in [3.63, 3.8) is 0 Å². The van der Waals surface area contributed by atoms with Gasteiger partial charge < -0.3 is 10.4 Å². The third-order valence-corrected chi connectivity index (χ3v) is 2.57. The molecule has 0 fully saturated rings. The average Bonchev–Trinajstić information content (AvgIpc) is 2.41. The average molecular weight is 191 g/mol. The van der Waals surface area contributed by atoms with Crippen LogP contribution in [-0.2, 0) is 13.0 Å². The molecule has 1 aromatic carbocycles. The molecule has 0 atom stereocenters. The summed E-state index contributed by atoms with van der Waals surface area (Å²) < 4.78 is 0. The van der Waals surface area contributed by atoms with E-state index in [0.29, 0.717) is 5.56 Å². The number of carboxylic acid groups (broad SMARTS) is 1. The van der Waals surface area contributed by atoms with E-state index >= 15 is 0 Å². The summed E-state index contributed by atoms with van der Waals surface area (Å²) in [5, 5.41) is 12.1. The van der Waals surface area contributed by atoms with Crippen molar-refractivity contribution in [2.75, 3.05) is 6.54 Å². The molecule has 3 nitrogen and oxygen atoms in total. The Labute approximate surface area is 82.8 Å². The molecule has 0 saturated carbocycles. The normalized spacial score (nSPS) is 15.7. The standard InChI is InChI=1S/C11H13NO2/c13-11(14)9-3-4-10-7-12-5-1-2-8(10)6-9/h3-4,6,12H,1-2,5,7H2,(H,13,14). The third-order valence-electron chi connectivity index (χ3n) is 2.57. The Balaban J connectivity index is 2.37. The Bertz CT molecular complexity index is 360. The number of carbonyl (C=O) groups is 1. The molecule has 0 radical (unpaired) electrons. The number of hydrogen-bond acceptors (Lipinski definition) is 2. The van der Waals surface area contributed by atoms with Crippen LogP contribution in [0.25, 0.3) is 0 Å². The van der Waals surface area contributed by atoms with Crippen molar-refractivity contribution >= 4 is 5.97 Å². The van der Waals surface area contributed by atoms with E-state index in [0.717, 1.165) is 25.9 Å². The van der Waals surface area contributed by atoms with Crippen LogP contribution in [0.5, 0.6) is 0 Å². The lowest BCUT2D eigenvalue weighted by molar-refractivity contribution is 0.0697. The van der Waals surface area contributed by atoms with Gasteiger partial charge >= 0.3 is 5.97 Å². The van der Waals surface area contributed by atoms with Gasteiger partial charge in [0.25, 0.3) is 0 Å². The summed E-state index contributed by atoms with van der Waals surface area (Å²) in [4.78, 5) is 10.8. The van der Waals surface area contributed by atoms with Crippen molar-refractivity contribution in [2.45, 2.75) is 19.4 Å². The molecule has 14 heavy (non-hydrogen) atoms. The van der Waals surface area contributed by atoms with E-state index < -0.39 is 5.97 Å². The van der Waals surface area contributed by atoms with E-state index in [1.165, 1.54) is 11.1 Å². The van der Waals surface area contributed by atoms with Crippen LogP contribution in [0.3, 0.4) is 0 Å². The molecule has 1 heterocycles. The van der Waals surface area contributed by atoms with Gasteiger partial charge in [-0.1, -0.05) is 6.07 Å². The van der Waals surface area contributed by atoms with Crippen LogP contribution < -0.4 is 5.32 Å². The minimum Gasteiger partial charge on any atom is -0.478 e. The molecule has 1 aliphatic heterocycles. The van der Waals surface area contributed by atoms with E-state index in [4.69, 9.17) is 5.11 Å². The van der Waals surface area contributed by atoms with Gasteiger partial charge in [-0.15, -0.1) is 0 Å². The summed E-state index contributed by atoms with van der Waals surface area (Å²) in [6, 6.07) is 5.38. The zero-order valence-corrected chi connectivity index (χ0v) is 7.92. The lowest BCUT2D eigenvalue weighted by Crippen LogP contribution is -2.12. The number of nitrogens with one attached hydrogen (secondary N) is 1. The number of carboxylic acids is 1. The van der Waals surface area contributed by atoms with E-state index in [-0.39, 0.29) is 0 Å². The minimum absolute atomic E-state index is 0.394. The zero-order valence-electron chi connectivity index (χ0n) is 7.92. The third kappa shape index (κ3) is 1.77. The monoisotopic (exact) mass is 191 g/mol. The molecule has 0 amide bonds. The van der Waals surface area contributed by atoms with Crippen molar-refractivity contribution in [3.8, 4) is 0 Å². The van der Waals surface area contributed by atoms with Gasteiger partial charge in [0.05, 0.1) is 5.56 Å². The highest BCUT2D eigenvalue weighted by atomic mass is 16.4. The summed E-state index contributed by atoms with van der Waals surface area (Å²) in [5.74, 6) is -0.843. The van der Waals surface area contributed by atoms with Crippen molar-refractivity contribution < 1.29 is 9.90 Å². The first-order valence-electron chi connectivity index (χ1n) is 4.83. The second-order valence-electron chi connectivity index (χ2n) is 3.57. The molecule has 3 heteroatoms. The van der Waals surface area contributed by atoms with Crippen molar-refractivity contribution in [3.05, 3.63) is 34.9 Å². The van der Waals surface area contributed by atoms with E-state index in [9.17, 15) is 4.79 Å². The number of fused-ring (bicyclic) bond motifs is 1. The number of hydrogen-bond donors (Lipinski definition) is 2. The first-order chi connectivity index (χ1) is 6.77. The predicted molar refractivity (Wildman–Crippen MR) is 53.4 cm³/mol. The molecule has 0 bridgehead atoms. The highest BCUT2D eigenvalue weighted by molar-refractivity contribution is 5.87. The predicted octanol–water partition coefficient (Wildman–Crippen LogP) is 1.42. The molecule has 0 unspecified atom stereocenters. The Hall–Kier alpha value is -1.35. The lowest BCUT2D eigenvalue weighted by Gasteiger charge is -2.05. The van der Waals surface area contributed by atoms with Crippen LogP contribution in [0, 0.1) is 0 Å². The van der Waals surface area contributed by atoms with Gasteiger partial charge in [-0.3, -0.25) is 0 Å². The smallest absolute Gasteiger partial charge is 0.335 e. The Morgan fingerprint density at radius 1 is 1.36 bits per heavy atom. The molecule has 2 rings (SSSR count). The maximum Gasteiger partial charge on any atom is 0.335 e. The molecule has 2 N–H and O–H groups in total. The van der Waals surface area contributed by atoms with Gasteiger partial charge in [0.15, 0.2) is 0 Å². The van der Waals surface area contributed by atoms with Crippen LogP contribution in [0.1, 0.15) is 27.9 Å². The molecular weight excluding hydrogens is 178 g/mol. The van der Waals surface area contributed by atoms with Gasteiger partial charge in [0.2, 0.25) is 0 Å². The second-order valence-corrected chi connectivity index (χ2v) is 3.57. The summed E-state index contributed by atoms with van der Waals surface area (Å²) in [6.07, 6.45) is 2.06. The second kappa shape index (κ2) is 3.80. The van der Waals surface area contributed by atoms with E-state index in [2.05, 4.69) is 5.32 Å². The molecular formula is C11H13NO2. The molecule has 74 valence electrons. The number of rotatable bonds is 1. The topological polar surface area (TPSA) is 49.3 Å². The van der Waals surface area contributed by atoms with Crippen molar-refractivity contribution in [1.82, 2.24) is 5.32 Å². The van der Waals surface area contributed by atoms with Gasteiger partial charge in [0.1, 0.15) is 0 Å². The highest BCUT2D eigenvalue weighted by Gasteiger charge is 2.10.